The van der Waals surface area contributed by atoms with E-state index in [9.17, 15) is 18.7 Å². The first-order chi connectivity index (χ1) is 6.41. The maximum absolute atomic E-state index is 12.7. The molecule has 1 rings (SSSR count). The van der Waals surface area contributed by atoms with Crippen molar-refractivity contribution >= 4 is 5.97 Å². The van der Waals surface area contributed by atoms with Crippen molar-refractivity contribution in [3.63, 3.8) is 0 Å². The molecule has 1 fully saturated rings. The van der Waals surface area contributed by atoms with Crippen molar-refractivity contribution in [2.45, 2.75) is 44.1 Å². The summed E-state index contributed by atoms with van der Waals surface area (Å²) in [5.74, 6) is -4.00. The SMILES string of the molecule is O=C(O)C[C@@H](O)C1CCC(F)(F)CC1. The van der Waals surface area contributed by atoms with Gasteiger partial charge in [-0.2, -0.15) is 0 Å². The van der Waals surface area contributed by atoms with E-state index in [0.717, 1.165) is 0 Å². The summed E-state index contributed by atoms with van der Waals surface area (Å²) < 4.78 is 25.4. The van der Waals surface area contributed by atoms with Gasteiger partial charge in [0.15, 0.2) is 0 Å². The average molecular weight is 208 g/mol. The van der Waals surface area contributed by atoms with Crippen molar-refractivity contribution < 1.29 is 23.8 Å². The lowest BCUT2D eigenvalue weighted by atomic mass is 9.82. The molecule has 0 saturated heterocycles. The third kappa shape index (κ3) is 3.21. The third-order valence-electron chi connectivity index (χ3n) is 2.69. The Morgan fingerprint density at radius 1 is 1.43 bits per heavy atom. The van der Waals surface area contributed by atoms with Crippen molar-refractivity contribution in [2.75, 3.05) is 0 Å². The zero-order valence-corrected chi connectivity index (χ0v) is 7.75. The Labute approximate surface area is 80.7 Å². The maximum Gasteiger partial charge on any atom is 0.305 e. The molecule has 1 aliphatic carbocycles. The summed E-state index contributed by atoms with van der Waals surface area (Å²) >= 11 is 0. The summed E-state index contributed by atoms with van der Waals surface area (Å²) in [5, 5.41) is 17.8. The molecule has 0 aromatic rings. The lowest BCUT2D eigenvalue weighted by Crippen LogP contribution is -2.32. The van der Waals surface area contributed by atoms with E-state index in [1.807, 2.05) is 0 Å². The third-order valence-corrected chi connectivity index (χ3v) is 2.69. The molecule has 5 heteroatoms. The predicted molar refractivity (Wildman–Crippen MR) is 45.2 cm³/mol. The van der Waals surface area contributed by atoms with E-state index in [0.29, 0.717) is 0 Å². The van der Waals surface area contributed by atoms with Gasteiger partial charge in [-0.3, -0.25) is 4.79 Å². The van der Waals surface area contributed by atoms with Crippen molar-refractivity contribution in [1.29, 1.82) is 0 Å². The number of carbonyl (C=O) groups is 1. The van der Waals surface area contributed by atoms with E-state index in [1.165, 1.54) is 0 Å². The fourth-order valence-electron chi connectivity index (χ4n) is 1.79. The summed E-state index contributed by atoms with van der Waals surface area (Å²) in [6, 6.07) is 0. The molecule has 0 unspecified atom stereocenters. The lowest BCUT2D eigenvalue weighted by molar-refractivity contribution is -0.140. The molecule has 3 nitrogen and oxygen atoms in total. The highest BCUT2D eigenvalue weighted by Crippen LogP contribution is 2.37. The van der Waals surface area contributed by atoms with Gasteiger partial charge in [0.2, 0.25) is 5.92 Å². The van der Waals surface area contributed by atoms with Crippen molar-refractivity contribution in [1.82, 2.24) is 0 Å². The van der Waals surface area contributed by atoms with E-state index in [-0.39, 0.29) is 38.0 Å². The van der Waals surface area contributed by atoms with Gasteiger partial charge in [-0.1, -0.05) is 0 Å². The number of hydrogen-bond donors (Lipinski definition) is 2. The first-order valence-electron chi connectivity index (χ1n) is 4.68. The number of aliphatic hydroxyl groups excluding tert-OH is 1. The molecule has 1 atom stereocenters. The average Bonchev–Trinajstić information content (AvgIpc) is 2.02. The Kier molecular flexibility index (Phi) is 3.42. The molecule has 2 N–H and O–H groups in total. The minimum absolute atomic E-state index is 0.210. The molecular formula is C9H14F2O3. The summed E-state index contributed by atoms with van der Waals surface area (Å²) in [5.41, 5.74) is 0. The molecule has 82 valence electrons. The molecule has 0 aromatic heterocycles. The van der Waals surface area contributed by atoms with Crippen molar-refractivity contribution in [3.8, 4) is 0 Å². The monoisotopic (exact) mass is 208 g/mol. The Morgan fingerprint density at radius 3 is 2.36 bits per heavy atom. The molecule has 0 amide bonds. The number of carboxylic acid groups (broad SMARTS) is 1. The van der Waals surface area contributed by atoms with Crippen LogP contribution in [0, 0.1) is 5.92 Å². The van der Waals surface area contributed by atoms with E-state index in [1.54, 1.807) is 0 Å². The highest BCUT2D eigenvalue weighted by Gasteiger charge is 2.37. The van der Waals surface area contributed by atoms with Crippen LogP contribution in [-0.2, 0) is 4.79 Å². The summed E-state index contributed by atoms with van der Waals surface area (Å²) in [4.78, 5) is 10.3. The van der Waals surface area contributed by atoms with Crippen LogP contribution >= 0.6 is 0 Å². The Bertz CT molecular complexity index is 208. The highest BCUT2D eigenvalue weighted by molar-refractivity contribution is 5.67. The highest BCUT2D eigenvalue weighted by atomic mass is 19.3. The first kappa shape index (κ1) is 11.4. The topological polar surface area (TPSA) is 57.5 Å². The summed E-state index contributed by atoms with van der Waals surface area (Å²) in [7, 11) is 0. The van der Waals surface area contributed by atoms with Gasteiger partial charge in [-0.15, -0.1) is 0 Å². The second kappa shape index (κ2) is 4.21. The first-order valence-corrected chi connectivity index (χ1v) is 4.68. The fraction of sp³-hybridized carbons (Fsp3) is 0.889. The van der Waals surface area contributed by atoms with E-state index in [2.05, 4.69) is 0 Å². The Hall–Kier alpha value is -0.710. The smallest absolute Gasteiger partial charge is 0.305 e. The number of hydrogen-bond acceptors (Lipinski definition) is 2. The number of rotatable bonds is 3. The molecule has 0 heterocycles. The Balaban J connectivity index is 2.37. The zero-order valence-electron chi connectivity index (χ0n) is 7.75. The molecule has 0 aliphatic heterocycles. The van der Waals surface area contributed by atoms with Crippen LogP contribution in [0.1, 0.15) is 32.1 Å². The summed E-state index contributed by atoms with van der Waals surface area (Å²) in [6.45, 7) is 0. The van der Waals surface area contributed by atoms with Gasteiger partial charge in [0, 0.05) is 12.8 Å². The van der Waals surface area contributed by atoms with E-state index in [4.69, 9.17) is 5.11 Å². The Morgan fingerprint density at radius 2 is 1.93 bits per heavy atom. The van der Waals surface area contributed by atoms with Crippen molar-refractivity contribution in [2.24, 2.45) is 5.92 Å². The molecule has 14 heavy (non-hydrogen) atoms. The minimum atomic E-state index is -2.63. The predicted octanol–water partition coefficient (Wildman–Crippen LogP) is 1.65. The summed E-state index contributed by atoms with van der Waals surface area (Å²) in [6.07, 6.45) is -1.40. The largest absolute Gasteiger partial charge is 0.481 e. The van der Waals surface area contributed by atoms with Crippen LogP contribution in [0.3, 0.4) is 0 Å². The fourth-order valence-corrected chi connectivity index (χ4v) is 1.79. The second-order valence-corrected chi connectivity index (χ2v) is 3.86. The number of halogens is 2. The van der Waals surface area contributed by atoms with Crippen molar-refractivity contribution in [3.05, 3.63) is 0 Å². The van der Waals surface area contributed by atoms with E-state index < -0.39 is 18.0 Å². The quantitative estimate of drug-likeness (QED) is 0.741. The van der Waals surface area contributed by atoms with Crippen LogP contribution in [0.5, 0.6) is 0 Å². The second-order valence-electron chi connectivity index (χ2n) is 3.86. The van der Waals surface area contributed by atoms with Crippen LogP contribution in [0.15, 0.2) is 0 Å². The van der Waals surface area contributed by atoms with E-state index >= 15 is 0 Å². The lowest BCUT2D eigenvalue weighted by Gasteiger charge is -2.30. The molecule has 0 spiro atoms. The molecule has 1 aliphatic rings. The standard InChI is InChI=1S/C9H14F2O3/c10-9(11)3-1-6(2-4-9)7(12)5-8(13)14/h6-7,12H,1-5H2,(H,13,14)/t7-/m1/s1. The number of carboxylic acids is 1. The number of aliphatic carboxylic acids is 1. The van der Waals surface area contributed by atoms with Gasteiger partial charge < -0.3 is 10.2 Å². The normalized spacial score (nSPS) is 24.5. The molecule has 0 radical (unpaired) electrons. The molecule has 0 aromatic carbocycles. The number of alkyl halides is 2. The molecule has 1 saturated carbocycles. The molecule has 0 bridgehead atoms. The van der Waals surface area contributed by atoms with Gasteiger partial charge in [0.05, 0.1) is 12.5 Å². The van der Waals surface area contributed by atoms with Crippen LogP contribution in [-0.4, -0.2) is 28.2 Å². The van der Waals surface area contributed by atoms with Crippen LogP contribution in [0.2, 0.25) is 0 Å². The van der Waals surface area contributed by atoms with Gasteiger partial charge in [0.25, 0.3) is 0 Å². The molecular weight excluding hydrogens is 194 g/mol. The maximum atomic E-state index is 12.7. The van der Waals surface area contributed by atoms with Crippen LogP contribution < -0.4 is 0 Å². The van der Waals surface area contributed by atoms with Crippen LogP contribution in [0.25, 0.3) is 0 Å². The van der Waals surface area contributed by atoms with Gasteiger partial charge in [-0.05, 0) is 18.8 Å². The van der Waals surface area contributed by atoms with Gasteiger partial charge in [-0.25, -0.2) is 8.78 Å². The zero-order chi connectivity index (χ0) is 10.8. The van der Waals surface area contributed by atoms with Crippen LogP contribution in [0.4, 0.5) is 8.78 Å². The van der Waals surface area contributed by atoms with Gasteiger partial charge >= 0.3 is 5.97 Å². The van der Waals surface area contributed by atoms with Gasteiger partial charge in [0.1, 0.15) is 0 Å². The minimum Gasteiger partial charge on any atom is -0.481 e. The number of aliphatic hydroxyl groups is 1.